The van der Waals surface area contributed by atoms with Crippen LogP contribution in [0, 0.1) is 18.7 Å². The van der Waals surface area contributed by atoms with Gasteiger partial charge < -0.3 is 20.3 Å². The number of anilines is 1. The molecule has 0 bridgehead atoms. The minimum Gasteiger partial charge on any atom is -0.588 e. The van der Waals surface area contributed by atoms with Gasteiger partial charge in [0, 0.05) is 11.8 Å². The topological polar surface area (TPSA) is 121 Å². The Hall–Kier alpha value is -3.75. The van der Waals surface area contributed by atoms with Crippen molar-refractivity contribution in [1.82, 2.24) is 9.29 Å². The number of nitrogens with one attached hydrogen (secondary N) is 1. The predicted molar refractivity (Wildman–Crippen MR) is 128 cm³/mol. The van der Waals surface area contributed by atoms with Crippen LogP contribution in [0.4, 0.5) is 27.6 Å². The molecule has 1 unspecified atom stereocenters. The minimum atomic E-state index is -5.13. The van der Waals surface area contributed by atoms with Crippen LogP contribution in [0.25, 0.3) is 0 Å². The minimum absolute atomic E-state index is 0.00249. The SMILES string of the molecule is Cc1nc(F)ccc1Oc1ccc(C(F)(F)F)c(F)c1C(=O)Nc1cccc([S+]([O-])N(C)C(=O)[C@@H](C)N)c1. The summed E-state index contributed by atoms with van der Waals surface area (Å²) in [7, 11) is 1.25. The van der Waals surface area contributed by atoms with E-state index in [-0.39, 0.29) is 22.0 Å². The lowest BCUT2D eigenvalue weighted by atomic mass is 10.1. The fourth-order valence-corrected chi connectivity index (χ4v) is 4.29. The summed E-state index contributed by atoms with van der Waals surface area (Å²) in [5, 5.41) is 2.25. The molecule has 8 nitrogen and oxygen atoms in total. The molecule has 0 saturated carbocycles. The van der Waals surface area contributed by atoms with E-state index in [9.17, 15) is 31.7 Å². The van der Waals surface area contributed by atoms with E-state index < -0.39 is 64.0 Å². The van der Waals surface area contributed by atoms with Gasteiger partial charge in [-0.3, -0.25) is 9.59 Å². The van der Waals surface area contributed by atoms with E-state index in [0.717, 1.165) is 22.5 Å². The first kappa shape index (κ1) is 28.8. The molecule has 3 aromatic rings. The van der Waals surface area contributed by atoms with E-state index in [2.05, 4.69) is 10.3 Å². The van der Waals surface area contributed by atoms with E-state index in [4.69, 9.17) is 10.5 Å². The lowest BCUT2D eigenvalue weighted by molar-refractivity contribution is -0.140. The number of amides is 2. The summed E-state index contributed by atoms with van der Waals surface area (Å²) in [5.41, 5.74) is 2.66. The van der Waals surface area contributed by atoms with Crippen LogP contribution < -0.4 is 15.8 Å². The van der Waals surface area contributed by atoms with Gasteiger partial charge in [-0.25, -0.2) is 9.37 Å². The number of ether oxygens (including phenoxy) is 1. The Labute approximate surface area is 216 Å². The maximum Gasteiger partial charge on any atom is 0.419 e. The average Bonchev–Trinajstić information content (AvgIpc) is 2.83. The summed E-state index contributed by atoms with van der Waals surface area (Å²) < 4.78 is 87.6. The number of benzene rings is 2. The van der Waals surface area contributed by atoms with Crippen LogP contribution in [0.3, 0.4) is 0 Å². The highest BCUT2D eigenvalue weighted by atomic mass is 32.2. The van der Waals surface area contributed by atoms with Gasteiger partial charge in [-0.2, -0.15) is 21.9 Å². The number of aryl methyl sites for hydroxylation is 1. The second-order valence-corrected chi connectivity index (χ2v) is 9.49. The Kier molecular flexibility index (Phi) is 8.59. The van der Waals surface area contributed by atoms with E-state index in [1.54, 1.807) is 0 Å². The maximum atomic E-state index is 15.1. The number of halogens is 5. The average molecular weight is 557 g/mol. The van der Waals surface area contributed by atoms with Crippen LogP contribution in [-0.4, -0.2) is 38.7 Å². The third-order valence-electron chi connectivity index (χ3n) is 5.10. The Morgan fingerprint density at radius 2 is 1.79 bits per heavy atom. The Morgan fingerprint density at radius 1 is 1.13 bits per heavy atom. The van der Waals surface area contributed by atoms with E-state index >= 15 is 4.39 Å². The van der Waals surface area contributed by atoms with Gasteiger partial charge in [-0.15, -0.1) is 0 Å². The molecule has 0 fully saturated rings. The number of rotatable bonds is 7. The lowest BCUT2D eigenvalue weighted by Crippen LogP contribution is -2.42. The normalized spacial score (nSPS) is 13.0. The second-order valence-electron chi connectivity index (χ2n) is 7.97. The van der Waals surface area contributed by atoms with Gasteiger partial charge in [-0.05, 0) is 50.2 Å². The zero-order chi connectivity index (χ0) is 28.4. The smallest absolute Gasteiger partial charge is 0.419 e. The molecule has 2 amide bonds. The molecule has 0 radical (unpaired) electrons. The molecular formula is C24H21F5N4O4S. The molecule has 0 spiro atoms. The summed E-state index contributed by atoms with van der Waals surface area (Å²) >= 11 is -2.04. The summed E-state index contributed by atoms with van der Waals surface area (Å²) in [6.07, 6.45) is -5.13. The number of hydrogen-bond acceptors (Lipinski definition) is 6. The quantitative estimate of drug-likeness (QED) is 0.250. The molecule has 38 heavy (non-hydrogen) atoms. The molecule has 0 aliphatic heterocycles. The maximum absolute atomic E-state index is 15.1. The van der Waals surface area contributed by atoms with Crippen molar-refractivity contribution < 1.29 is 40.8 Å². The van der Waals surface area contributed by atoms with Crippen LogP contribution in [0.15, 0.2) is 53.4 Å². The van der Waals surface area contributed by atoms with Crippen molar-refractivity contribution in [1.29, 1.82) is 0 Å². The number of carbonyl (C=O) groups is 2. The van der Waals surface area contributed by atoms with Crippen molar-refractivity contribution in [3.63, 3.8) is 0 Å². The van der Waals surface area contributed by atoms with E-state index in [1.807, 2.05) is 0 Å². The number of nitrogens with two attached hydrogens (primary N) is 1. The van der Waals surface area contributed by atoms with Gasteiger partial charge in [0.15, 0.2) is 10.7 Å². The highest BCUT2D eigenvalue weighted by molar-refractivity contribution is 7.89. The molecule has 3 rings (SSSR count). The molecule has 1 heterocycles. The second kappa shape index (κ2) is 11.3. The van der Waals surface area contributed by atoms with E-state index in [0.29, 0.717) is 6.07 Å². The molecule has 2 atom stereocenters. The molecule has 0 saturated heterocycles. The molecule has 0 aliphatic carbocycles. The number of hydrogen-bond donors (Lipinski definition) is 2. The number of carbonyl (C=O) groups excluding carboxylic acids is 2. The first-order valence-electron chi connectivity index (χ1n) is 10.8. The number of likely N-dealkylation sites (N-methyl/N-ethyl adjacent to an activating group) is 1. The molecule has 202 valence electrons. The highest BCUT2D eigenvalue weighted by Crippen LogP contribution is 2.38. The van der Waals surface area contributed by atoms with E-state index in [1.165, 1.54) is 45.2 Å². The third kappa shape index (κ3) is 6.38. The van der Waals surface area contributed by atoms with Crippen LogP contribution in [0.1, 0.15) is 28.5 Å². The van der Waals surface area contributed by atoms with Crippen LogP contribution >= 0.6 is 0 Å². The van der Waals surface area contributed by atoms with Crippen molar-refractivity contribution >= 4 is 28.9 Å². The molecule has 0 aliphatic rings. The summed E-state index contributed by atoms with van der Waals surface area (Å²) in [6, 6.07) is 7.50. The van der Waals surface area contributed by atoms with Gasteiger partial charge in [-0.1, -0.05) is 6.07 Å². The van der Waals surface area contributed by atoms with Crippen LogP contribution in [-0.2, 0) is 22.3 Å². The molecular weight excluding hydrogens is 535 g/mol. The zero-order valence-corrected chi connectivity index (χ0v) is 20.9. The Bertz CT molecular complexity index is 1370. The highest BCUT2D eigenvalue weighted by Gasteiger charge is 2.37. The van der Waals surface area contributed by atoms with Crippen molar-refractivity contribution in [2.45, 2.75) is 31.0 Å². The largest absolute Gasteiger partial charge is 0.588 e. The zero-order valence-electron chi connectivity index (χ0n) is 20.1. The third-order valence-corrected chi connectivity index (χ3v) is 6.44. The number of nitrogens with zero attached hydrogens (tertiary/aromatic N) is 2. The fourth-order valence-electron chi connectivity index (χ4n) is 3.22. The van der Waals surface area contributed by atoms with Gasteiger partial charge in [0.05, 0.1) is 24.3 Å². The lowest BCUT2D eigenvalue weighted by Gasteiger charge is -2.21. The number of alkyl halides is 3. The van der Waals surface area contributed by atoms with Crippen molar-refractivity contribution in [3.05, 3.63) is 77.1 Å². The summed E-state index contributed by atoms with van der Waals surface area (Å²) in [6.45, 7) is 2.75. The molecule has 2 aromatic carbocycles. The number of aromatic nitrogens is 1. The number of pyridine rings is 1. The fraction of sp³-hybridized carbons (Fsp3) is 0.208. The van der Waals surface area contributed by atoms with Crippen molar-refractivity contribution in [3.8, 4) is 11.5 Å². The summed E-state index contributed by atoms with van der Waals surface area (Å²) in [5.74, 6) is -5.42. The van der Waals surface area contributed by atoms with Crippen LogP contribution in [0.2, 0.25) is 0 Å². The van der Waals surface area contributed by atoms with Gasteiger partial charge in [0.1, 0.15) is 28.4 Å². The first-order valence-corrected chi connectivity index (χ1v) is 11.9. The summed E-state index contributed by atoms with van der Waals surface area (Å²) in [4.78, 5) is 28.7. The Balaban J connectivity index is 1.99. The monoisotopic (exact) mass is 556 g/mol. The van der Waals surface area contributed by atoms with Gasteiger partial charge >= 0.3 is 6.18 Å². The Morgan fingerprint density at radius 3 is 2.39 bits per heavy atom. The first-order chi connectivity index (χ1) is 17.7. The molecule has 3 N–H and O–H groups in total. The standard InChI is InChI=1S/C24H21F5N4O4S/c1-12(30)23(35)33(3)38(36)15-6-4-5-14(11-15)32-22(34)20-18(8-7-16(21(20)26)24(27,28)29)37-17-9-10-19(25)31-13(17)2/h4-12H,30H2,1-3H3,(H,32,34)/t12-,38?/m1/s1. The molecule has 14 heteroatoms. The predicted octanol–water partition coefficient (Wildman–Crippen LogP) is 4.56. The van der Waals surface area contributed by atoms with Crippen molar-refractivity contribution in [2.75, 3.05) is 12.4 Å². The van der Waals surface area contributed by atoms with Gasteiger partial charge in [0.2, 0.25) is 5.95 Å². The van der Waals surface area contributed by atoms with Crippen LogP contribution in [0.5, 0.6) is 11.5 Å². The van der Waals surface area contributed by atoms with Crippen molar-refractivity contribution in [2.24, 2.45) is 5.73 Å². The van der Waals surface area contributed by atoms with Gasteiger partial charge in [0.25, 0.3) is 11.8 Å². The molecule has 1 aromatic heterocycles.